The second kappa shape index (κ2) is 15.3. The Labute approximate surface area is 295 Å². The molecule has 268 valence electrons. The summed E-state index contributed by atoms with van der Waals surface area (Å²) in [4.78, 5) is 61.8. The van der Waals surface area contributed by atoms with Crippen LogP contribution in [0, 0.1) is 25.7 Å². The van der Waals surface area contributed by atoms with E-state index in [1.54, 1.807) is 29.0 Å². The Bertz CT molecular complexity index is 1590. The summed E-state index contributed by atoms with van der Waals surface area (Å²) in [5.74, 6) is -3.40. The SMILES string of the molecule is C=CCCC(=O)N(C)[C@@H](C)[C@@H](OC(=O)[C@@H]1[C@@H]2CC[C@]3(O2)[C@H](C(=O)N(CC=C)c2c(C)cccc2C)N([C@@H](CC)CO)C(=O)[C@@H]13)c1ccccc1. The second-order valence-corrected chi connectivity index (χ2v) is 13.9. The lowest BCUT2D eigenvalue weighted by Crippen LogP contribution is -2.59. The van der Waals surface area contributed by atoms with E-state index in [1.165, 1.54) is 4.90 Å². The fourth-order valence-corrected chi connectivity index (χ4v) is 8.37. The van der Waals surface area contributed by atoms with Crippen molar-refractivity contribution in [1.29, 1.82) is 0 Å². The molecule has 0 unspecified atom stereocenters. The van der Waals surface area contributed by atoms with Crippen molar-refractivity contribution in [2.75, 3.05) is 25.1 Å². The highest BCUT2D eigenvalue weighted by Crippen LogP contribution is 2.59. The average molecular weight is 686 g/mol. The van der Waals surface area contributed by atoms with Gasteiger partial charge in [-0.2, -0.15) is 0 Å². The van der Waals surface area contributed by atoms with Gasteiger partial charge in [-0.3, -0.25) is 19.2 Å². The summed E-state index contributed by atoms with van der Waals surface area (Å²) in [6, 6.07) is 12.8. The van der Waals surface area contributed by atoms with E-state index in [0.717, 1.165) is 16.8 Å². The number of anilines is 1. The highest BCUT2D eigenvalue weighted by Gasteiger charge is 2.75. The van der Waals surface area contributed by atoms with Gasteiger partial charge < -0.3 is 29.3 Å². The molecule has 3 heterocycles. The number of amides is 3. The molecule has 8 atom stereocenters. The first-order chi connectivity index (χ1) is 24.0. The third kappa shape index (κ3) is 6.39. The van der Waals surface area contributed by atoms with Crippen LogP contribution in [0.25, 0.3) is 0 Å². The van der Waals surface area contributed by atoms with E-state index < -0.39 is 59.6 Å². The molecule has 50 heavy (non-hydrogen) atoms. The van der Waals surface area contributed by atoms with Crippen LogP contribution in [-0.4, -0.2) is 88.6 Å². The first-order valence-corrected chi connectivity index (χ1v) is 17.7. The maximum absolute atomic E-state index is 15.0. The molecule has 0 aliphatic carbocycles. The number of hydrogen-bond donors (Lipinski definition) is 1. The molecule has 3 saturated heterocycles. The Morgan fingerprint density at radius 3 is 2.38 bits per heavy atom. The molecule has 0 aromatic heterocycles. The summed E-state index contributed by atoms with van der Waals surface area (Å²) in [6.07, 6.45) is 3.96. The maximum Gasteiger partial charge on any atom is 0.313 e. The minimum absolute atomic E-state index is 0.109. The Morgan fingerprint density at radius 2 is 1.78 bits per heavy atom. The molecule has 3 amide bonds. The topological polar surface area (TPSA) is 117 Å². The molecule has 2 aromatic rings. The van der Waals surface area contributed by atoms with E-state index in [4.69, 9.17) is 9.47 Å². The van der Waals surface area contributed by atoms with Crippen LogP contribution in [0.4, 0.5) is 5.69 Å². The fraction of sp³-hybridized carbons (Fsp3) is 0.500. The zero-order chi connectivity index (χ0) is 36.3. The van der Waals surface area contributed by atoms with Gasteiger partial charge in [-0.1, -0.05) is 67.6 Å². The molecule has 5 rings (SSSR count). The number of esters is 1. The van der Waals surface area contributed by atoms with Gasteiger partial charge in [0.2, 0.25) is 11.8 Å². The highest BCUT2D eigenvalue weighted by atomic mass is 16.6. The maximum atomic E-state index is 15.0. The van der Waals surface area contributed by atoms with Crippen molar-refractivity contribution in [2.24, 2.45) is 11.8 Å². The third-order valence-electron chi connectivity index (χ3n) is 11.0. The Balaban J connectivity index is 1.53. The van der Waals surface area contributed by atoms with Crippen LogP contribution >= 0.6 is 0 Å². The number of benzene rings is 2. The molecule has 3 fully saturated rings. The predicted molar refractivity (Wildman–Crippen MR) is 191 cm³/mol. The summed E-state index contributed by atoms with van der Waals surface area (Å²) in [7, 11) is 1.69. The fourth-order valence-electron chi connectivity index (χ4n) is 8.37. The summed E-state index contributed by atoms with van der Waals surface area (Å²) < 4.78 is 13.0. The zero-order valence-electron chi connectivity index (χ0n) is 29.9. The lowest BCUT2D eigenvalue weighted by atomic mass is 9.70. The first kappa shape index (κ1) is 37.0. The molecule has 1 N–H and O–H groups in total. The minimum Gasteiger partial charge on any atom is -0.455 e. The largest absolute Gasteiger partial charge is 0.455 e. The second-order valence-electron chi connectivity index (χ2n) is 13.9. The number of aliphatic hydroxyl groups is 1. The number of allylic oxidation sites excluding steroid dienone is 1. The molecule has 3 aliphatic rings. The summed E-state index contributed by atoms with van der Waals surface area (Å²) >= 11 is 0. The summed E-state index contributed by atoms with van der Waals surface area (Å²) in [5, 5.41) is 10.5. The molecular formula is C40H51N3O7. The van der Waals surface area contributed by atoms with Gasteiger partial charge in [0.1, 0.15) is 17.7 Å². The van der Waals surface area contributed by atoms with Crippen molar-refractivity contribution in [1.82, 2.24) is 9.80 Å². The van der Waals surface area contributed by atoms with Gasteiger partial charge in [0.25, 0.3) is 5.91 Å². The van der Waals surface area contributed by atoms with Crippen LogP contribution in [0.3, 0.4) is 0 Å². The highest BCUT2D eigenvalue weighted by molar-refractivity contribution is 6.05. The standard InChI is InChI=1S/C40H51N3O7/c1-8-11-20-31(45)41(7)27(6)35(28-18-13-12-14-19-28)49-39(48)32-30-21-22-40(50-30)33(32)37(46)43(29(10-3)24-44)36(40)38(47)42(23-9-2)34-25(4)16-15-17-26(34)5/h8-9,12-19,27,29-30,32-33,35-36,44H,1-2,10-11,20-24H2,3-7H3/t27-,29-,30-,32+,33+,35+,36-,40+/m0/s1. The van der Waals surface area contributed by atoms with Crippen LogP contribution < -0.4 is 4.90 Å². The van der Waals surface area contributed by atoms with Crippen molar-refractivity contribution in [2.45, 2.75) is 95.7 Å². The van der Waals surface area contributed by atoms with Gasteiger partial charge in [0, 0.05) is 25.7 Å². The van der Waals surface area contributed by atoms with Gasteiger partial charge in [-0.05, 0) is 63.1 Å². The molecule has 0 saturated carbocycles. The van der Waals surface area contributed by atoms with Gasteiger partial charge in [0.05, 0.1) is 36.6 Å². The quantitative estimate of drug-likeness (QED) is 0.206. The van der Waals surface area contributed by atoms with Crippen LogP contribution in [0.5, 0.6) is 0 Å². The zero-order valence-corrected chi connectivity index (χ0v) is 29.9. The van der Waals surface area contributed by atoms with Gasteiger partial charge in [-0.15, -0.1) is 13.2 Å². The minimum atomic E-state index is -1.29. The van der Waals surface area contributed by atoms with Crippen LogP contribution in [0.1, 0.15) is 68.7 Å². The number of rotatable bonds is 15. The Kier molecular flexibility index (Phi) is 11.3. The third-order valence-corrected chi connectivity index (χ3v) is 11.0. The summed E-state index contributed by atoms with van der Waals surface area (Å²) in [5.41, 5.74) is 1.95. The number of aliphatic hydroxyl groups excluding tert-OH is 1. The van der Waals surface area contributed by atoms with E-state index in [-0.39, 0.29) is 31.4 Å². The number of aryl methyl sites for hydroxylation is 2. The monoisotopic (exact) mass is 685 g/mol. The van der Waals surface area contributed by atoms with Crippen LogP contribution in [-0.2, 0) is 28.7 Å². The van der Waals surface area contributed by atoms with Gasteiger partial charge in [0.15, 0.2) is 0 Å². The van der Waals surface area contributed by atoms with E-state index in [2.05, 4.69) is 13.2 Å². The van der Waals surface area contributed by atoms with Gasteiger partial charge >= 0.3 is 5.97 Å². The number of carbonyl (C=O) groups excluding carboxylic acids is 4. The van der Waals surface area contributed by atoms with E-state index >= 15 is 0 Å². The van der Waals surface area contributed by atoms with E-state index in [9.17, 15) is 24.3 Å². The number of ether oxygens (including phenoxy) is 2. The number of carbonyl (C=O) groups is 4. The number of nitrogens with zero attached hydrogens (tertiary/aromatic N) is 3. The van der Waals surface area contributed by atoms with E-state index in [0.29, 0.717) is 31.2 Å². The first-order valence-electron chi connectivity index (χ1n) is 17.7. The number of likely N-dealkylation sites (tertiary alicyclic amines) is 1. The predicted octanol–water partition coefficient (Wildman–Crippen LogP) is 5.07. The lowest BCUT2D eigenvalue weighted by molar-refractivity contribution is -0.165. The molecule has 10 heteroatoms. The van der Waals surface area contributed by atoms with Crippen molar-refractivity contribution >= 4 is 29.4 Å². The number of likely N-dealkylation sites (N-methyl/N-ethyl adjacent to an activating group) is 1. The molecule has 3 aliphatic heterocycles. The molecular weight excluding hydrogens is 634 g/mol. The molecule has 0 radical (unpaired) electrons. The Hall–Kier alpha value is -4.28. The van der Waals surface area contributed by atoms with Crippen molar-refractivity contribution in [3.63, 3.8) is 0 Å². The Morgan fingerprint density at radius 1 is 1.10 bits per heavy atom. The molecule has 2 aromatic carbocycles. The van der Waals surface area contributed by atoms with Crippen LogP contribution in [0.15, 0.2) is 73.8 Å². The van der Waals surface area contributed by atoms with Crippen molar-refractivity contribution < 1.29 is 33.8 Å². The van der Waals surface area contributed by atoms with Gasteiger partial charge in [-0.25, -0.2) is 0 Å². The van der Waals surface area contributed by atoms with Crippen LogP contribution in [0.2, 0.25) is 0 Å². The van der Waals surface area contributed by atoms with Crippen molar-refractivity contribution in [3.05, 3.63) is 90.5 Å². The van der Waals surface area contributed by atoms with Crippen molar-refractivity contribution in [3.8, 4) is 0 Å². The number of para-hydroxylation sites is 1. The number of fused-ring (bicyclic) bond motifs is 1. The normalized spacial score (nSPS) is 25.4. The number of hydrogen-bond acceptors (Lipinski definition) is 7. The average Bonchev–Trinajstić information content (AvgIpc) is 3.76. The van der Waals surface area contributed by atoms with E-state index in [1.807, 2.05) is 76.2 Å². The molecule has 1 spiro atoms. The smallest absolute Gasteiger partial charge is 0.313 e. The molecule has 10 nitrogen and oxygen atoms in total. The lowest BCUT2D eigenvalue weighted by Gasteiger charge is -2.39. The molecule has 2 bridgehead atoms. The summed E-state index contributed by atoms with van der Waals surface area (Å²) in [6.45, 7) is 15.0.